The third-order valence-corrected chi connectivity index (χ3v) is 3.89. The van der Waals surface area contributed by atoms with E-state index in [1.165, 1.54) is 0 Å². The van der Waals surface area contributed by atoms with Gasteiger partial charge in [-0.05, 0) is 43.3 Å². The van der Waals surface area contributed by atoms with Gasteiger partial charge >= 0.3 is 0 Å². The summed E-state index contributed by atoms with van der Waals surface area (Å²) in [4.78, 5) is 12.1. The molecule has 3 aromatic rings. The van der Waals surface area contributed by atoms with E-state index >= 15 is 0 Å². The van der Waals surface area contributed by atoms with Crippen LogP contribution in [0.1, 0.15) is 22.3 Å². The van der Waals surface area contributed by atoms with Crippen molar-refractivity contribution < 1.29 is 9.53 Å². The fourth-order valence-corrected chi connectivity index (χ4v) is 2.47. The lowest BCUT2D eigenvalue weighted by Gasteiger charge is -2.09. The highest BCUT2D eigenvalue weighted by Gasteiger charge is 2.05. The van der Waals surface area contributed by atoms with Gasteiger partial charge in [0.2, 0.25) is 0 Å². The Morgan fingerprint density at radius 3 is 2.16 bits per heavy atom. The number of Topliss-reactive ketones (excluding diaryl/α,β-unsaturated/α-hetero) is 1. The smallest absolute Gasteiger partial charge is 0.164 e. The van der Waals surface area contributed by atoms with Crippen molar-refractivity contribution in [3.8, 4) is 11.5 Å². The molecule has 1 N–H and O–H groups in total. The monoisotopic (exact) mass is 331 g/mol. The third-order valence-electron chi connectivity index (χ3n) is 3.89. The molecule has 0 saturated carbocycles. The number of anilines is 1. The van der Waals surface area contributed by atoms with Crippen LogP contribution in [0.5, 0.6) is 11.5 Å². The molecular formula is C22H21NO2. The quantitative estimate of drug-likeness (QED) is 0.583. The van der Waals surface area contributed by atoms with E-state index in [1.807, 2.05) is 85.8 Å². The highest BCUT2D eigenvalue weighted by atomic mass is 16.5. The van der Waals surface area contributed by atoms with Gasteiger partial charge in [0.1, 0.15) is 11.5 Å². The summed E-state index contributed by atoms with van der Waals surface area (Å²) in [5, 5.41) is 3.27. The Hall–Kier alpha value is -3.07. The lowest BCUT2D eigenvalue weighted by atomic mass is 10.1. The molecule has 0 aliphatic carbocycles. The van der Waals surface area contributed by atoms with Gasteiger partial charge in [-0.15, -0.1) is 0 Å². The topological polar surface area (TPSA) is 38.3 Å². The molecule has 0 atom stereocenters. The van der Waals surface area contributed by atoms with Crippen LogP contribution in [0.3, 0.4) is 0 Å². The summed E-state index contributed by atoms with van der Waals surface area (Å²) in [5.74, 6) is 1.75. The minimum atomic E-state index is 0.150. The van der Waals surface area contributed by atoms with Gasteiger partial charge in [0.15, 0.2) is 5.78 Å². The molecule has 3 aromatic carbocycles. The maximum absolute atomic E-state index is 12.1. The SMILES string of the molecule is Cc1ccc(C(=O)CCNc2ccc(Oc3ccccc3)cc2)cc1. The molecule has 3 rings (SSSR count). The highest BCUT2D eigenvalue weighted by Crippen LogP contribution is 2.22. The van der Waals surface area contributed by atoms with Crippen LogP contribution < -0.4 is 10.1 Å². The van der Waals surface area contributed by atoms with Crippen LogP contribution in [-0.4, -0.2) is 12.3 Å². The largest absolute Gasteiger partial charge is 0.457 e. The first-order valence-corrected chi connectivity index (χ1v) is 8.37. The van der Waals surface area contributed by atoms with E-state index in [1.54, 1.807) is 0 Å². The predicted octanol–water partition coefficient (Wildman–Crippen LogP) is 5.47. The van der Waals surface area contributed by atoms with Gasteiger partial charge < -0.3 is 10.1 Å². The van der Waals surface area contributed by atoms with Crippen molar-refractivity contribution in [2.24, 2.45) is 0 Å². The fraction of sp³-hybridized carbons (Fsp3) is 0.136. The molecule has 0 fully saturated rings. The molecule has 0 amide bonds. The van der Waals surface area contributed by atoms with E-state index in [4.69, 9.17) is 4.74 Å². The third kappa shape index (κ3) is 4.95. The van der Waals surface area contributed by atoms with Gasteiger partial charge in [0.05, 0.1) is 0 Å². The Kier molecular flexibility index (Phi) is 5.47. The molecule has 126 valence electrons. The molecule has 0 heterocycles. The zero-order valence-electron chi connectivity index (χ0n) is 14.2. The average Bonchev–Trinajstić information content (AvgIpc) is 2.64. The van der Waals surface area contributed by atoms with E-state index in [0.717, 1.165) is 28.3 Å². The van der Waals surface area contributed by atoms with E-state index in [-0.39, 0.29) is 5.78 Å². The minimum Gasteiger partial charge on any atom is -0.457 e. The van der Waals surface area contributed by atoms with Crippen molar-refractivity contribution in [2.75, 3.05) is 11.9 Å². The van der Waals surface area contributed by atoms with Crippen LogP contribution in [0.15, 0.2) is 78.9 Å². The summed E-state index contributed by atoms with van der Waals surface area (Å²) in [5.41, 5.74) is 2.89. The molecular weight excluding hydrogens is 310 g/mol. The van der Waals surface area contributed by atoms with Crippen molar-refractivity contribution in [3.05, 3.63) is 90.0 Å². The number of hydrogen-bond acceptors (Lipinski definition) is 3. The second-order valence-electron chi connectivity index (χ2n) is 5.91. The Bertz CT molecular complexity index is 809. The minimum absolute atomic E-state index is 0.150. The number of carbonyl (C=O) groups is 1. The number of nitrogens with one attached hydrogen (secondary N) is 1. The summed E-state index contributed by atoms with van der Waals surface area (Å²) < 4.78 is 5.76. The maximum Gasteiger partial charge on any atom is 0.164 e. The zero-order valence-corrected chi connectivity index (χ0v) is 14.2. The van der Waals surface area contributed by atoms with E-state index in [0.29, 0.717) is 13.0 Å². The lowest BCUT2D eigenvalue weighted by Crippen LogP contribution is -2.08. The first-order valence-electron chi connectivity index (χ1n) is 8.37. The normalized spacial score (nSPS) is 10.3. The molecule has 25 heavy (non-hydrogen) atoms. The molecule has 0 spiro atoms. The van der Waals surface area contributed by atoms with Crippen LogP contribution in [0, 0.1) is 6.92 Å². The number of rotatable bonds is 7. The summed E-state index contributed by atoms with van der Waals surface area (Å²) in [7, 11) is 0. The predicted molar refractivity (Wildman–Crippen MR) is 102 cm³/mol. The number of para-hydroxylation sites is 1. The fourth-order valence-electron chi connectivity index (χ4n) is 2.47. The number of carbonyl (C=O) groups excluding carboxylic acids is 1. The molecule has 3 nitrogen and oxygen atoms in total. The summed E-state index contributed by atoms with van der Waals surface area (Å²) in [6.45, 7) is 2.62. The first-order chi connectivity index (χ1) is 12.2. The average molecular weight is 331 g/mol. The molecule has 0 aromatic heterocycles. The van der Waals surface area contributed by atoms with Crippen LogP contribution >= 0.6 is 0 Å². The van der Waals surface area contributed by atoms with Crippen molar-refractivity contribution in [1.82, 2.24) is 0 Å². The second kappa shape index (κ2) is 8.15. The number of ether oxygens (including phenoxy) is 1. The van der Waals surface area contributed by atoms with Crippen LogP contribution in [0.25, 0.3) is 0 Å². The molecule has 0 saturated heterocycles. The number of ketones is 1. The van der Waals surface area contributed by atoms with Gasteiger partial charge in [-0.3, -0.25) is 4.79 Å². The van der Waals surface area contributed by atoms with Crippen LogP contribution in [0.4, 0.5) is 5.69 Å². The molecule has 3 heteroatoms. The van der Waals surface area contributed by atoms with Gasteiger partial charge in [0.25, 0.3) is 0 Å². The van der Waals surface area contributed by atoms with Crippen molar-refractivity contribution >= 4 is 11.5 Å². The van der Waals surface area contributed by atoms with Gasteiger partial charge in [0, 0.05) is 24.2 Å². The molecule has 0 bridgehead atoms. The molecule has 0 aliphatic rings. The van der Waals surface area contributed by atoms with Crippen LogP contribution in [0.2, 0.25) is 0 Å². The molecule has 0 radical (unpaired) electrons. The first kappa shape index (κ1) is 16.8. The summed E-state index contributed by atoms with van der Waals surface area (Å²) >= 11 is 0. The highest BCUT2D eigenvalue weighted by molar-refractivity contribution is 5.96. The Morgan fingerprint density at radius 2 is 1.48 bits per heavy atom. The van der Waals surface area contributed by atoms with E-state index < -0.39 is 0 Å². The number of aryl methyl sites for hydroxylation is 1. The van der Waals surface area contributed by atoms with Gasteiger partial charge in [-0.1, -0.05) is 48.0 Å². The second-order valence-corrected chi connectivity index (χ2v) is 5.91. The maximum atomic E-state index is 12.1. The Balaban J connectivity index is 1.48. The summed E-state index contributed by atoms with van der Waals surface area (Å²) in [6.07, 6.45) is 0.464. The van der Waals surface area contributed by atoms with E-state index in [2.05, 4.69) is 5.32 Å². The molecule has 0 aliphatic heterocycles. The number of hydrogen-bond donors (Lipinski definition) is 1. The molecule has 0 unspecified atom stereocenters. The van der Waals surface area contributed by atoms with Gasteiger partial charge in [-0.25, -0.2) is 0 Å². The summed E-state index contributed by atoms with van der Waals surface area (Å²) in [6, 6.07) is 25.1. The lowest BCUT2D eigenvalue weighted by molar-refractivity contribution is 0.0986. The van der Waals surface area contributed by atoms with Crippen molar-refractivity contribution in [3.63, 3.8) is 0 Å². The standard InChI is InChI=1S/C22H21NO2/c1-17-7-9-18(10-8-17)22(24)15-16-23-19-11-13-21(14-12-19)25-20-5-3-2-4-6-20/h2-14,23H,15-16H2,1H3. The Morgan fingerprint density at radius 1 is 0.840 bits per heavy atom. The van der Waals surface area contributed by atoms with Crippen molar-refractivity contribution in [2.45, 2.75) is 13.3 Å². The van der Waals surface area contributed by atoms with E-state index in [9.17, 15) is 4.79 Å². The Labute approximate surface area is 148 Å². The van der Waals surface area contributed by atoms with Crippen LogP contribution in [-0.2, 0) is 0 Å². The van der Waals surface area contributed by atoms with Crippen molar-refractivity contribution in [1.29, 1.82) is 0 Å². The van der Waals surface area contributed by atoms with Gasteiger partial charge in [-0.2, -0.15) is 0 Å². The number of benzene rings is 3. The zero-order chi connectivity index (χ0) is 17.5.